The predicted octanol–water partition coefficient (Wildman–Crippen LogP) is 4.35. The largest absolute Gasteiger partial charge is 0.360 e. The molecule has 3 rings (SSSR count). The first-order valence-electron chi connectivity index (χ1n) is 9.10. The first kappa shape index (κ1) is 20.6. The van der Waals surface area contributed by atoms with E-state index in [-0.39, 0.29) is 22.7 Å². The molecule has 0 aromatic heterocycles. The molecule has 150 valence electrons. The molecule has 1 amide bonds. The summed E-state index contributed by atoms with van der Waals surface area (Å²) >= 11 is 6.14. The number of nitrogens with one attached hydrogen (secondary N) is 2. The van der Waals surface area contributed by atoms with Crippen molar-refractivity contribution >= 4 is 38.9 Å². The van der Waals surface area contributed by atoms with E-state index in [1.165, 1.54) is 12.1 Å². The Bertz CT molecular complexity index is 928. The number of rotatable bonds is 7. The lowest BCUT2D eigenvalue weighted by Crippen LogP contribution is -2.26. The third-order valence-corrected chi connectivity index (χ3v) is 5.41. The van der Waals surface area contributed by atoms with Crippen LogP contribution in [0.25, 0.3) is 0 Å². The van der Waals surface area contributed by atoms with Gasteiger partial charge in [-0.2, -0.15) is 0 Å². The van der Waals surface area contributed by atoms with Crippen LogP contribution in [0.1, 0.15) is 37.4 Å². The third kappa shape index (κ3) is 5.70. The normalized spacial score (nSPS) is 15.9. The van der Waals surface area contributed by atoms with Gasteiger partial charge in [0.05, 0.1) is 23.1 Å². The van der Waals surface area contributed by atoms with Crippen molar-refractivity contribution in [2.45, 2.75) is 37.9 Å². The van der Waals surface area contributed by atoms with Crippen LogP contribution in [0.4, 0.5) is 11.4 Å². The molecule has 1 aliphatic carbocycles. The van der Waals surface area contributed by atoms with Crippen molar-refractivity contribution in [1.29, 1.82) is 0 Å². The zero-order chi connectivity index (χ0) is 20.1. The van der Waals surface area contributed by atoms with E-state index in [9.17, 15) is 13.2 Å². The molecule has 0 radical (unpaired) electrons. The van der Waals surface area contributed by atoms with Gasteiger partial charge in [0.25, 0.3) is 5.91 Å². The fourth-order valence-corrected chi connectivity index (χ4v) is 4.08. The van der Waals surface area contributed by atoms with Crippen molar-refractivity contribution < 1.29 is 17.9 Å². The van der Waals surface area contributed by atoms with Crippen molar-refractivity contribution in [2.75, 3.05) is 16.3 Å². The zero-order valence-corrected chi connectivity index (χ0v) is 17.1. The van der Waals surface area contributed by atoms with Gasteiger partial charge in [0.15, 0.2) is 6.10 Å². The van der Waals surface area contributed by atoms with Gasteiger partial charge in [0.1, 0.15) is 0 Å². The SMILES string of the molecule is CS(=O)(=O)Nc1ccc(NC(=O)C(OC2CCCC2)c2ccccc2)cc1Cl. The Kier molecular flexibility index (Phi) is 6.59. The zero-order valence-electron chi connectivity index (χ0n) is 15.5. The summed E-state index contributed by atoms with van der Waals surface area (Å²) < 4.78 is 31.2. The second kappa shape index (κ2) is 8.94. The number of anilines is 2. The molecule has 28 heavy (non-hydrogen) atoms. The van der Waals surface area contributed by atoms with E-state index >= 15 is 0 Å². The standard InChI is InChI=1S/C20H23ClN2O4S/c1-28(25,26)23-18-12-11-15(13-17(18)21)22-20(24)19(14-7-3-2-4-8-14)27-16-9-5-6-10-16/h2-4,7-8,11-13,16,19,23H,5-6,9-10H2,1H3,(H,22,24). The Hall–Kier alpha value is -2.09. The number of halogens is 1. The summed E-state index contributed by atoms with van der Waals surface area (Å²) in [6, 6.07) is 14.0. The number of sulfonamides is 1. The molecule has 2 aromatic carbocycles. The molecular formula is C20H23ClN2O4S. The molecule has 1 fully saturated rings. The maximum absolute atomic E-state index is 12.9. The van der Waals surface area contributed by atoms with Gasteiger partial charge >= 0.3 is 0 Å². The lowest BCUT2D eigenvalue weighted by atomic mass is 10.1. The van der Waals surface area contributed by atoms with Gasteiger partial charge in [0, 0.05) is 5.69 Å². The van der Waals surface area contributed by atoms with Gasteiger partial charge in [-0.25, -0.2) is 8.42 Å². The molecule has 0 spiro atoms. The molecule has 6 nitrogen and oxygen atoms in total. The van der Waals surface area contributed by atoms with E-state index in [0.717, 1.165) is 37.5 Å². The summed E-state index contributed by atoms with van der Waals surface area (Å²) in [6.45, 7) is 0. The summed E-state index contributed by atoms with van der Waals surface area (Å²) in [4.78, 5) is 12.9. The molecule has 1 aliphatic rings. The Morgan fingerprint density at radius 3 is 2.43 bits per heavy atom. The summed E-state index contributed by atoms with van der Waals surface area (Å²) in [5, 5.41) is 3.01. The van der Waals surface area contributed by atoms with Crippen molar-refractivity contribution in [2.24, 2.45) is 0 Å². The van der Waals surface area contributed by atoms with E-state index in [4.69, 9.17) is 16.3 Å². The molecule has 0 saturated heterocycles. The molecule has 0 heterocycles. The lowest BCUT2D eigenvalue weighted by molar-refractivity contribution is -0.131. The maximum atomic E-state index is 12.9. The van der Waals surface area contributed by atoms with E-state index in [1.807, 2.05) is 30.3 Å². The topological polar surface area (TPSA) is 84.5 Å². The van der Waals surface area contributed by atoms with Gasteiger partial charge < -0.3 is 10.1 Å². The number of ether oxygens (including phenoxy) is 1. The van der Waals surface area contributed by atoms with E-state index in [2.05, 4.69) is 10.0 Å². The monoisotopic (exact) mass is 422 g/mol. The molecule has 1 saturated carbocycles. The summed E-state index contributed by atoms with van der Waals surface area (Å²) in [6.07, 6.45) is 4.51. The molecule has 2 aromatic rings. The Morgan fingerprint density at radius 2 is 1.82 bits per heavy atom. The van der Waals surface area contributed by atoms with Gasteiger partial charge in [-0.3, -0.25) is 9.52 Å². The van der Waals surface area contributed by atoms with Gasteiger partial charge in [-0.15, -0.1) is 0 Å². The summed E-state index contributed by atoms with van der Waals surface area (Å²) in [5.41, 5.74) is 1.50. The molecule has 1 atom stereocenters. The van der Waals surface area contributed by atoms with E-state index in [1.54, 1.807) is 6.07 Å². The minimum atomic E-state index is -3.44. The molecule has 1 unspecified atom stereocenters. The highest BCUT2D eigenvalue weighted by Crippen LogP contribution is 2.30. The fraction of sp³-hybridized carbons (Fsp3) is 0.350. The highest BCUT2D eigenvalue weighted by Gasteiger charge is 2.27. The average Bonchev–Trinajstić information content (AvgIpc) is 3.15. The highest BCUT2D eigenvalue weighted by atomic mass is 35.5. The van der Waals surface area contributed by atoms with Crippen LogP contribution in [-0.2, 0) is 19.6 Å². The van der Waals surface area contributed by atoms with Crippen LogP contribution in [0.15, 0.2) is 48.5 Å². The maximum Gasteiger partial charge on any atom is 0.258 e. The number of amides is 1. The van der Waals surface area contributed by atoms with Crippen LogP contribution < -0.4 is 10.0 Å². The van der Waals surface area contributed by atoms with Crippen LogP contribution in [0.2, 0.25) is 5.02 Å². The highest BCUT2D eigenvalue weighted by molar-refractivity contribution is 7.92. The first-order chi connectivity index (χ1) is 13.3. The second-order valence-electron chi connectivity index (χ2n) is 6.89. The van der Waals surface area contributed by atoms with Crippen LogP contribution >= 0.6 is 11.6 Å². The number of hydrogen-bond donors (Lipinski definition) is 2. The van der Waals surface area contributed by atoms with Crippen LogP contribution in [0.5, 0.6) is 0 Å². The molecule has 0 aliphatic heterocycles. The predicted molar refractivity (Wildman–Crippen MR) is 111 cm³/mol. The van der Waals surface area contributed by atoms with Crippen LogP contribution in [0.3, 0.4) is 0 Å². The second-order valence-corrected chi connectivity index (χ2v) is 9.05. The molecule has 8 heteroatoms. The number of carbonyl (C=O) groups excluding carboxylic acids is 1. The van der Waals surface area contributed by atoms with Crippen molar-refractivity contribution in [1.82, 2.24) is 0 Å². The number of hydrogen-bond acceptors (Lipinski definition) is 4. The lowest BCUT2D eigenvalue weighted by Gasteiger charge is -2.22. The first-order valence-corrected chi connectivity index (χ1v) is 11.4. The average molecular weight is 423 g/mol. The number of carbonyl (C=O) groups is 1. The fourth-order valence-electron chi connectivity index (χ4n) is 3.22. The smallest absolute Gasteiger partial charge is 0.258 e. The summed E-state index contributed by atoms with van der Waals surface area (Å²) in [7, 11) is -3.44. The van der Waals surface area contributed by atoms with Crippen LogP contribution in [0, 0.1) is 0 Å². The minimum Gasteiger partial charge on any atom is -0.360 e. The van der Waals surface area contributed by atoms with Gasteiger partial charge in [-0.05, 0) is 36.6 Å². The molecular weight excluding hydrogens is 400 g/mol. The van der Waals surface area contributed by atoms with E-state index in [0.29, 0.717) is 5.69 Å². The van der Waals surface area contributed by atoms with E-state index < -0.39 is 16.1 Å². The quantitative estimate of drug-likeness (QED) is 0.694. The minimum absolute atomic E-state index is 0.0703. The van der Waals surface area contributed by atoms with Gasteiger partial charge in [-0.1, -0.05) is 54.8 Å². The van der Waals surface area contributed by atoms with Crippen molar-refractivity contribution in [3.63, 3.8) is 0 Å². The third-order valence-electron chi connectivity index (χ3n) is 4.50. The van der Waals surface area contributed by atoms with Crippen LogP contribution in [-0.4, -0.2) is 26.7 Å². The van der Waals surface area contributed by atoms with Crippen molar-refractivity contribution in [3.05, 3.63) is 59.1 Å². The number of benzene rings is 2. The molecule has 2 N–H and O–H groups in total. The summed E-state index contributed by atoms with van der Waals surface area (Å²) in [5.74, 6) is -0.294. The Morgan fingerprint density at radius 1 is 1.14 bits per heavy atom. The molecule has 0 bridgehead atoms. The Labute approximate surface area is 170 Å². The van der Waals surface area contributed by atoms with Gasteiger partial charge in [0.2, 0.25) is 10.0 Å². The van der Waals surface area contributed by atoms with Crippen molar-refractivity contribution in [3.8, 4) is 0 Å². The Balaban J connectivity index is 1.76.